The highest BCUT2D eigenvalue weighted by atomic mass is 16.4. The van der Waals surface area contributed by atoms with Crippen molar-refractivity contribution in [3.05, 3.63) is 36.0 Å². The van der Waals surface area contributed by atoms with E-state index in [1.807, 2.05) is 18.2 Å². The Kier molecular flexibility index (Phi) is 12.0. The van der Waals surface area contributed by atoms with Crippen molar-refractivity contribution in [2.45, 2.75) is 62.9 Å². The van der Waals surface area contributed by atoms with Crippen LogP contribution in [0.4, 0.5) is 0 Å². The number of fused-ring (bicyclic) bond motifs is 1. The van der Waals surface area contributed by atoms with Crippen molar-refractivity contribution in [1.29, 1.82) is 0 Å². The second-order valence-corrected chi connectivity index (χ2v) is 9.48. The molecule has 224 valence electrons. The summed E-state index contributed by atoms with van der Waals surface area (Å²) in [6, 6.07) is 1.74. The number of guanidine groups is 1. The van der Waals surface area contributed by atoms with Crippen LogP contribution in [0.25, 0.3) is 10.9 Å². The Morgan fingerprint density at radius 2 is 1.61 bits per heavy atom. The lowest BCUT2D eigenvalue weighted by Crippen LogP contribution is -2.58. The van der Waals surface area contributed by atoms with E-state index in [1.165, 1.54) is 6.92 Å². The number of aromatic amines is 1. The zero-order valence-electron chi connectivity index (χ0n) is 22.5. The number of nitrogens with zero attached hydrogens (tertiary/aromatic N) is 1. The number of aromatic nitrogens is 1. The van der Waals surface area contributed by atoms with Crippen molar-refractivity contribution in [1.82, 2.24) is 20.9 Å². The van der Waals surface area contributed by atoms with Gasteiger partial charge in [-0.15, -0.1) is 0 Å². The Balaban J connectivity index is 2.33. The topological polar surface area (TPSA) is 294 Å². The van der Waals surface area contributed by atoms with Gasteiger partial charge in [-0.25, -0.2) is 4.79 Å². The molecule has 5 atom stereocenters. The SMILES string of the molecule is CC(O)C(NC(=O)C(CCCN=C(N)N)NC(=O)C(Cc1c[nH]c2ccccc12)NC(=O)C(N)CC(N)=O)C(=O)O. The van der Waals surface area contributed by atoms with E-state index in [4.69, 9.17) is 22.9 Å². The Labute approximate surface area is 235 Å². The average molecular weight is 576 g/mol. The van der Waals surface area contributed by atoms with Crippen LogP contribution in [-0.2, 0) is 30.4 Å². The smallest absolute Gasteiger partial charge is 0.328 e. The molecule has 1 aromatic carbocycles. The maximum Gasteiger partial charge on any atom is 0.328 e. The molecule has 14 N–H and O–H groups in total. The van der Waals surface area contributed by atoms with Gasteiger partial charge in [-0.05, 0) is 31.4 Å². The van der Waals surface area contributed by atoms with Gasteiger partial charge < -0.3 is 54.1 Å². The number of aliphatic hydroxyl groups excluding tert-OH is 1. The number of nitrogens with two attached hydrogens (primary N) is 4. The number of carbonyl (C=O) groups excluding carboxylic acids is 4. The molecule has 1 aromatic heterocycles. The molecule has 41 heavy (non-hydrogen) atoms. The number of benzene rings is 1. The Morgan fingerprint density at radius 3 is 2.22 bits per heavy atom. The van der Waals surface area contributed by atoms with E-state index in [1.54, 1.807) is 12.3 Å². The van der Waals surface area contributed by atoms with Crippen LogP contribution < -0.4 is 38.9 Å². The quantitative estimate of drug-likeness (QED) is 0.0545. The highest BCUT2D eigenvalue weighted by Gasteiger charge is 2.32. The van der Waals surface area contributed by atoms with Crippen LogP contribution >= 0.6 is 0 Å². The van der Waals surface area contributed by atoms with Crippen LogP contribution in [-0.4, -0.2) is 87.6 Å². The molecule has 0 spiro atoms. The summed E-state index contributed by atoms with van der Waals surface area (Å²) in [5.41, 5.74) is 23.0. The van der Waals surface area contributed by atoms with Gasteiger partial charge in [0.15, 0.2) is 12.0 Å². The van der Waals surface area contributed by atoms with Crippen molar-refractivity contribution in [2.24, 2.45) is 27.9 Å². The fourth-order valence-corrected chi connectivity index (χ4v) is 4.01. The van der Waals surface area contributed by atoms with E-state index in [-0.39, 0.29) is 31.8 Å². The summed E-state index contributed by atoms with van der Waals surface area (Å²) in [4.78, 5) is 69.0. The second kappa shape index (κ2) is 15.2. The number of amides is 4. The number of aliphatic hydroxyl groups is 1. The van der Waals surface area contributed by atoms with Crippen LogP contribution in [0, 0.1) is 0 Å². The summed E-state index contributed by atoms with van der Waals surface area (Å²) in [6.45, 7) is 1.30. The van der Waals surface area contributed by atoms with Crippen LogP contribution in [0.1, 0.15) is 31.7 Å². The third kappa shape index (κ3) is 10.1. The van der Waals surface area contributed by atoms with E-state index in [0.717, 1.165) is 10.9 Å². The van der Waals surface area contributed by atoms with E-state index in [2.05, 4.69) is 25.9 Å². The van der Waals surface area contributed by atoms with Crippen LogP contribution in [0.5, 0.6) is 0 Å². The highest BCUT2D eigenvalue weighted by Crippen LogP contribution is 2.19. The highest BCUT2D eigenvalue weighted by molar-refractivity contribution is 5.95. The molecule has 0 fully saturated rings. The molecule has 0 aliphatic heterocycles. The van der Waals surface area contributed by atoms with Gasteiger partial charge in [-0.1, -0.05) is 18.2 Å². The first-order valence-electron chi connectivity index (χ1n) is 12.8. The molecule has 4 amide bonds. The first-order chi connectivity index (χ1) is 19.3. The van der Waals surface area contributed by atoms with Crippen molar-refractivity contribution >= 4 is 46.5 Å². The van der Waals surface area contributed by atoms with Crippen molar-refractivity contribution in [3.8, 4) is 0 Å². The number of para-hydroxylation sites is 1. The molecule has 16 heteroatoms. The number of hydrogen-bond donors (Lipinski definition) is 10. The Hall–Kier alpha value is -4.70. The molecule has 0 aliphatic carbocycles. The third-order valence-electron chi connectivity index (χ3n) is 6.11. The summed E-state index contributed by atoms with van der Waals surface area (Å²) in [5, 5.41) is 27.2. The molecule has 2 aromatic rings. The number of aliphatic imine (C=N–C) groups is 1. The molecule has 2 rings (SSSR count). The summed E-state index contributed by atoms with van der Waals surface area (Å²) < 4.78 is 0. The summed E-state index contributed by atoms with van der Waals surface area (Å²) in [5.74, 6) is -4.97. The van der Waals surface area contributed by atoms with Gasteiger partial charge in [0.2, 0.25) is 23.6 Å². The van der Waals surface area contributed by atoms with Crippen molar-refractivity contribution in [3.63, 3.8) is 0 Å². The van der Waals surface area contributed by atoms with E-state index in [9.17, 15) is 34.2 Å². The molecule has 0 saturated heterocycles. The van der Waals surface area contributed by atoms with E-state index >= 15 is 0 Å². The fraction of sp³-hybridized carbons (Fsp3) is 0.440. The first-order valence-corrected chi connectivity index (χ1v) is 12.8. The van der Waals surface area contributed by atoms with Gasteiger partial charge in [0.25, 0.3) is 0 Å². The predicted octanol–water partition coefficient (Wildman–Crippen LogP) is -3.11. The third-order valence-corrected chi connectivity index (χ3v) is 6.11. The van der Waals surface area contributed by atoms with Gasteiger partial charge >= 0.3 is 5.97 Å². The van der Waals surface area contributed by atoms with Gasteiger partial charge in [0.1, 0.15) is 12.1 Å². The van der Waals surface area contributed by atoms with Crippen LogP contribution in [0.2, 0.25) is 0 Å². The second-order valence-electron chi connectivity index (χ2n) is 9.48. The normalized spacial score (nSPS) is 14.6. The maximum absolute atomic E-state index is 13.5. The minimum Gasteiger partial charge on any atom is -0.480 e. The molecule has 0 aliphatic rings. The molecule has 16 nitrogen and oxygen atoms in total. The van der Waals surface area contributed by atoms with Gasteiger partial charge in [0, 0.05) is 30.1 Å². The van der Waals surface area contributed by atoms with Crippen molar-refractivity contribution in [2.75, 3.05) is 6.54 Å². The monoisotopic (exact) mass is 575 g/mol. The lowest BCUT2D eigenvalue weighted by molar-refractivity contribution is -0.145. The number of carboxylic acids is 1. The molecule has 1 heterocycles. The van der Waals surface area contributed by atoms with Gasteiger partial charge in [0.05, 0.1) is 18.6 Å². The number of H-pyrrole nitrogens is 1. The zero-order valence-corrected chi connectivity index (χ0v) is 22.5. The molecular formula is C25H37N9O7. The lowest BCUT2D eigenvalue weighted by Gasteiger charge is -2.25. The van der Waals surface area contributed by atoms with Crippen molar-refractivity contribution < 1.29 is 34.2 Å². The molecule has 5 unspecified atom stereocenters. The predicted molar refractivity (Wildman–Crippen MR) is 149 cm³/mol. The lowest BCUT2D eigenvalue weighted by atomic mass is 10.0. The van der Waals surface area contributed by atoms with Gasteiger partial charge in [-0.3, -0.25) is 24.2 Å². The van der Waals surface area contributed by atoms with Crippen LogP contribution in [0.3, 0.4) is 0 Å². The summed E-state index contributed by atoms with van der Waals surface area (Å²) in [7, 11) is 0. The molecule has 0 radical (unpaired) electrons. The Morgan fingerprint density at radius 1 is 0.976 bits per heavy atom. The van der Waals surface area contributed by atoms with Gasteiger partial charge in [-0.2, -0.15) is 0 Å². The number of primary amides is 1. The number of rotatable bonds is 16. The minimum absolute atomic E-state index is 0.0184. The fourth-order valence-electron chi connectivity index (χ4n) is 4.01. The largest absolute Gasteiger partial charge is 0.480 e. The standard InChI is InChI=1S/C25H37N9O7/c1-12(35)20(24(40)41)34-22(38)17(7-4-8-30-25(28)29)32-23(39)18(33-21(37)15(26)10-19(27)36)9-13-11-31-16-6-3-2-5-14(13)16/h2-3,5-6,11-12,15,17-18,20,31,35H,4,7-10,26H2,1H3,(H2,27,36)(H,32,39)(H,33,37)(H,34,38)(H,40,41)(H4,28,29,30). The number of hydrogen-bond acceptors (Lipinski definition) is 8. The number of nitrogens with one attached hydrogen (secondary N) is 4. The summed E-state index contributed by atoms with van der Waals surface area (Å²) in [6.07, 6.45) is -0.0614. The summed E-state index contributed by atoms with van der Waals surface area (Å²) >= 11 is 0. The molecular weight excluding hydrogens is 538 g/mol. The van der Waals surface area contributed by atoms with Crippen LogP contribution in [0.15, 0.2) is 35.5 Å². The number of carbonyl (C=O) groups is 5. The van der Waals surface area contributed by atoms with E-state index in [0.29, 0.717) is 5.56 Å². The van der Waals surface area contributed by atoms with E-state index < -0.39 is 66.3 Å². The minimum atomic E-state index is -1.65. The average Bonchev–Trinajstić information content (AvgIpc) is 3.30. The Bertz CT molecular complexity index is 1270. The first kappa shape index (κ1) is 32.5. The number of carboxylic acid groups (broad SMARTS) is 1. The molecule has 0 saturated carbocycles. The number of aliphatic carboxylic acids is 1. The molecule has 0 bridgehead atoms. The maximum atomic E-state index is 13.5. The zero-order chi connectivity index (χ0) is 30.7.